The normalized spacial score (nSPS) is 23.0. The van der Waals surface area contributed by atoms with Gasteiger partial charge in [-0.05, 0) is 49.9 Å². The van der Waals surface area contributed by atoms with Gasteiger partial charge in [-0.15, -0.1) is 0 Å². The number of anilines is 2. The monoisotopic (exact) mass is 633 g/mol. The topological polar surface area (TPSA) is 103 Å². The maximum absolute atomic E-state index is 14.9. The van der Waals surface area contributed by atoms with Crippen molar-refractivity contribution in [2.45, 2.75) is 50.6 Å². The Kier molecular flexibility index (Phi) is 9.19. The fourth-order valence-corrected chi connectivity index (χ4v) is 7.04. The number of nitrogens with one attached hydrogen (secondary N) is 2. The number of piperidine rings is 2. The van der Waals surface area contributed by atoms with Crippen LogP contribution in [0.1, 0.15) is 53.4 Å². The Morgan fingerprint density at radius 2 is 1.72 bits per heavy atom. The van der Waals surface area contributed by atoms with Gasteiger partial charge in [0.05, 0.1) is 23.5 Å². The van der Waals surface area contributed by atoms with Crippen molar-refractivity contribution in [2.75, 3.05) is 56.5 Å². The third-order valence-electron chi connectivity index (χ3n) is 9.62. The summed E-state index contributed by atoms with van der Waals surface area (Å²) in [6, 6.07) is 11.3. The number of piperazine rings is 1. The molecule has 0 radical (unpaired) electrons. The molecule has 3 atom stereocenters. The van der Waals surface area contributed by atoms with Crippen LogP contribution in [-0.4, -0.2) is 83.8 Å². The second-order valence-corrected chi connectivity index (χ2v) is 12.9. The molecule has 0 aliphatic carbocycles. The van der Waals surface area contributed by atoms with Crippen LogP contribution < -0.4 is 21.1 Å². The molecule has 3 saturated heterocycles. The van der Waals surface area contributed by atoms with Crippen molar-refractivity contribution >= 4 is 23.2 Å². The highest BCUT2D eigenvalue weighted by molar-refractivity contribution is 6.01. The van der Waals surface area contributed by atoms with Crippen LogP contribution in [0.5, 0.6) is 0 Å². The third-order valence-corrected chi connectivity index (χ3v) is 9.62. The number of rotatable bonds is 7. The molecule has 0 saturated carbocycles. The van der Waals surface area contributed by atoms with Crippen molar-refractivity contribution in [3.8, 4) is 0 Å². The number of carbonyl (C=O) groups excluding carboxylic acids is 2. The molecule has 3 aliphatic heterocycles. The molecule has 0 spiro atoms. The SMILES string of the molecule is Cc1c(NC2CC(c3ccc(CN4CCN(c5cc(C6CCC(=O)NC6=O)c(F)cc5F)CC4)cc3)CN(C)C2)cnn(C)c1=O. The van der Waals surface area contributed by atoms with E-state index in [9.17, 15) is 23.2 Å². The fourth-order valence-electron chi connectivity index (χ4n) is 7.04. The van der Waals surface area contributed by atoms with Crippen LogP contribution >= 0.6 is 0 Å². The molecule has 3 aliphatic rings. The van der Waals surface area contributed by atoms with Crippen LogP contribution in [0, 0.1) is 18.6 Å². The van der Waals surface area contributed by atoms with E-state index in [1.54, 1.807) is 13.2 Å². The average Bonchev–Trinajstić information content (AvgIpc) is 3.02. The lowest BCUT2D eigenvalue weighted by Gasteiger charge is -2.37. The Hall–Kier alpha value is -4.16. The van der Waals surface area contributed by atoms with Gasteiger partial charge in [0.25, 0.3) is 5.56 Å². The molecular formula is C34H41F2N7O3. The zero-order valence-corrected chi connectivity index (χ0v) is 26.6. The van der Waals surface area contributed by atoms with Crippen LogP contribution in [0.2, 0.25) is 0 Å². The van der Waals surface area contributed by atoms with Gasteiger partial charge in [0.2, 0.25) is 11.8 Å². The van der Waals surface area contributed by atoms with Gasteiger partial charge in [-0.3, -0.25) is 24.6 Å². The molecule has 0 bridgehead atoms. The van der Waals surface area contributed by atoms with Crippen molar-refractivity contribution in [3.63, 3.8) is 0 Å². The predicted molar refractivity (Wildman–Crippen MR) is 172 cm³/mol. The van der Waals surface area contributed by atoms with E-state index in [0.717, 1.165) is 37.8 Å². The van der Waals surface area contributed by atoms with E-state index in [0.29, 0.717) is 37.7 Å². The maximum atomic E-state index is 14.9. The molecular weight excluding hydrogens is 592 g/mol. The minimum atomic E-state index is -0.807. The summed E-state index contributed by atoms with van der Waals surface area (Å²) in [6.45, 7) is 7.00. The molecule has 4 heterocycles. The minimum Gasteiger partial charge on any atom is -0.379 e. The molecule has 244 valence electrons. The number of halogens is 2. The highest BCUT2D eigenvalue weighted by Gasteiger charge is 2.32. The van der Waals surface area contributed by atoms with Crippen LogP contribution in [-0.2, 0) is 23.2 Å². The molecule has 3 aromatic rings. The molecule has 10 nitrogen and oxygen atoms in total. The molecule has 2 N–H and O–H groups in total. The number of likely N-dealkylation sites (N-methyl/N-ethyl adjacent to an activating group) is 1. The first-order valence-corrected chi connectivity index (χ1v) is 15.9. The molecule has 12 heteroatoms. The van der Waals surface area contributed by atoms with E-state index in [1.165, 1.54) is 21.9 Å². The third kappa shape index (κ3) is 6.82. The van der Waals surface area contributed by atoms with Crippen LogP contribution in [0.25, 0.3) is 0 Å². The molecule has 46 heavy (non-hydrogen) atoms. The largest absolute Gasteiger partial charge is 0.379 e. The highest BCUT2D eigenvalue weighted by atomic mass is 19.1. The quantitative estimate of drug-likeness (QED) is 0.383. The number of likely N-dealkylation sites (tertiary alicyclic amines) is 1. The van der Waals surface area contributed by atoms with E-state index >= 15 is 0 Å². The summed E-state index contributed by atoms with van der Waals surface area (Å²) in [5.41, 5.74) is 4.27. The smallest absolute Gasteiger partial charge is 0.271 e. The minimum absolute atomic E-state index is 0.0933. The Morgan fingerprint density at radius 3 is 2.43 bits per heavy atom. The number of aryl methyl sites for hydroxylation is 1. The lowest BCUT2D eigenvalue weighted by atomic mass is 9.87. The van der Waals surface area contributed by atoms with E-state index in [1.807, 2.05) is 11.8 Å². The molecule has 2 aromatic carbocycles. The number of benzene rings is 2. The highest BCUT2D eigenvalue weighted by Crippen LogP contribution is 2.33. The zero-order chi connectivity index (χ0) is 32.5. The first kappa shape index (κ1) is 31.8. The molecule has 1 aromatic heterocycles. The van der Waals surface area contributed by atoms with E-state index in [4.69, 9.17) is 0 Å². The molecule has 3 fully saturated rings. The summed E-state index contributed by atoms with van der Waals surface area (Å²) in [6.07, 6.45) is 3.02. The number of carbonyl (C=O) groups is 2. The van der Waals surface area contributed by atoms with Gasteiger partial charge in [0.1, 0.15) is 11.6 Å². The summed E-state index contributed by atoms with van der Waals surface area (Å²) in [7, 11) is 3.78. The molecule has 6 rings (SSSR count). The van der Waals surface area contributed by atoms with Crippen molar-refractivity contribution in [1.82, 2.24) is 24.9 Å². The first-order chi connectivity index (χ1) is 22.0. The maximum Gasteiger partial charge on any atom is 0.271 e. The summed E-state index contributed by atoms with van der Waals surface area (Å²) in [5.74, 6) is -2.78. The van der Waals surface area contributed by atoms with Crippen LogP contribution in [0.4, 0.5) is 20.2 Å². The molecule has 3 unspecified atom stereocenters. The number of hydrogen-bond donors (Lipinski definition) is 2. The molecule has 2 amide bonds. The lowest BCUT2D eigenvalue weighted by Crippen LogP contribution is -2.46. The van der Waals surface area contributed by atoms with Crippen molar-refractivity contribution in [1.29, 1.82) is 0 Å². The summed E-state index contributed by atoms with van der Waals surface area (Å²) in [4.78, 5) is 42.8. The summed E-state index contributed by atoms with van der Waals surface area (Å²) < 4.78 is 31.0. The predicted octanol–water partition coefficient (Wildman–Crippen LogP) is 3.11. The average molecular weight is 634 g/mol. The number of hydrogen-bond acceptors (Lipinski definition) is 8. The standard InChI is InChI=1S/C34H41F2N7O3/c1-21-30(17-37-41(3)34(21)46)38-25-14-24(19-40(2)20-25)23-6-4-22(5-7-23)18-42-10-12-43(13-11-42)31-15-27(28(35)16-29(31)36)26-8-9-32(44)39-33(26)45/h4-7,15-17,24-26,38H,8-14,18-20H2,1-3H3,(H,39,44,45). The van der Waals surface area contributed by atoms with E-state index in [2.05, 4.69) is 56.8 Å². The Labute approximate surface area is 267 Å². The number of imide groups is 1. The van der Waals surface area contributed by atoms with Gasteiger partial charge in [-0.1, -0.05) is 24.3 Å². The second-order valence-electron chi connectivity index (χ2n) is 12.9. The summed E-state index contributed by atoms with van der Waals surface area (Å²) in [5, 5.41) is 10.00. The first-order valence-electron chi connectivity index (χ1n) is 15.9. The van der Waals surface area contributed by atoms with Crippen molar-refractivity contribution < 1.29 is 18.4 Å². The van der Waals surface area contributed by atoms with Gasteiger partial charge in [-0.2, -0.15) is 5.10 Å². The Balaban J connectivity index is 1.05. The Bertz CT molecular complexity index is 1670. The van der Waals surface area contributed by atoms with E-state index < -0.39 is 23.5 Å². The number of amides is 2. The van der Waals surface area contributed by atoms with Crippen LogP contribution in [0.3, 0.4) is 0 Å². The number of aromatic nitrogens is 2. The van der Waals surface area contributed by atoms with Gasteiger partial charge >= 0.3 is 0 Å². The van der Waals surface area contributed by atoms with E-state index in [-0.39, 0.29) is 41.6 Å². The Morgan fingerprint density at radius 1 is 0.978 bits per heavy atom. The second kappa shape index (κ2) is 13.3. The summed E-state index contributed by atoms with van der Waals surface area (Å²) >= 11 is 0. The van der Waals surface area contributed by atoms with Crippen molar-refractivity contribution in [2.24, 2.45) is 7.05 Å². The van der Waals surface area contributed by atoms with Crippen LogP contribution in [0.15, 0.2) is 47.4 Å². The lowest BCUT2D eigenvalue weighted by molar-refractivity contribution is -0.134. The van der Waals surface area contributed by atoms with Gasteiger partial charge in [0, 0.05) is 82.5 Å². The number of nitrogens with zero attached hydrogens (tertiary/aromatic N) is 5. The van der Waals surface area contributed by atoms with Gasteiger partial charge < -0.3 is 15.1 Å². The van der Waals surface area contributed by atoms with Crippen molar-refractivity contribution in [3.05, 3.63) is 86.8 Å². The fraction of sp³-hybridized carbons (Fsp3) is 0.471. The zero-order valence-electron chi connectivity index (χ0n) is 26.6. The van der Waals surface area contributed by atoms with Gasteiger partial charge in [0.15, 0.2) is 0 Å². The van der Waals surface area contributed by atoms with Gasteiger partial charge in [-0.25, -0.2) is 13.5 Å².